The van der Waals surface area contributed by atoms with E-state index in [-0.39, 0.29) is 12.8 Å². The fourth-order valence-corrected chi connectivity index (χ4v) is 1.44. The van der Waals surface area contributed by atoms with Crippen LogP contribution in [0.2, 0.25) is 0 Å². The number of hydrogen-bond donors (Lipinski definition) is 3. The lowest BCUT2D eigenvalue weighted by atomic mass is 10.1. The van der Waals surface area contributed by atoms with Crippen LogP contribution < -0.4 is 0 Å². The van der Waals surface area contributed by atoms with Crippen LogP contribution in [0.25, 0.3) is 0 Å². The maximum atomic E-state index is 9.67. The van der Waals surface area contributed by atoms with E-state index in [9.17, 15) is 9.90 Å². The first kappa shape index (κ1) is 19.4. The Balaban J connectivity index is 0. The Hall–Kier alpha value is -0.910. The molecule has 0 aliphatic carbocycles. The molecule has 0 fully saturated rings. The molecular weight excluding hydrogens is 234 g/mol. The monoisotopic (exact) mass is 261 g/mol. The molecule has 1 unspecified atom stereocenters. The summed E-state index contributed by atoms with van der Waals surface area (Å²) in [4.78, 5) is 11.3. The summed E-state index contributed by atoms with van der Waals surface area (Å²) in [5.74, 6) is -0.981. The van der Waals surface area contributed by atoms with Gasteiger partial charge in [-0.25, -0.2) is 4.79 Å². The number of carboxylic acids is 1. The molecule has 0 radical (unpaired) electrons. The van der Waals surface area contributed by atoms with E-state index in [1.807, 2.05) is 4.90 Å². The van der Waals surface area contributed by atoms with Gasteiger partial charge in [0, 0.05) is 12.7 Å². The molecule has 5 nitrogen and oxygen atoms in total. The van der Waals surface area contributed by atoms with Crippen molar-refractivity contribution in [2.45, 2.75) is 45.8 Å². The topological polar surface area (TPSA) is 81.0 Å². The zero-order chi connectivity index (χ0) is 14.4. The lowest BCUT2D eigenvalue weighted by molar-refractivity contribution is -0.131. The van der Waals surface area contributed by atoms with Crippen LogP contribution in [0, 0.1) is 0 Å². The number of carboxylic acid groups (broad SMARTS) is 1. The second-order valence-electron chi connectivity index (χ2n) is 3.82. The van der Waals surface area contributed by atoms with Crippen LogP contribution in [0.3, 0.4) is 0 Å². The zero-order valence-corrected chi connectivity index (χ0v) is 11.5. The summed E-state index contributed by atoms with van der Waals surface area (Å²) in [5, 5.41) is 25.8. The second kappa shape index (κ2) is 14.2. The molecule has 0 aliphatic heterocycles. The van der Waals surface area contributed by atoms with E-state index in [0.717, 1.165) is 44.8 Å². The van der Waals surface area contributed by atoms with Crippen LogP contribution in [-0.2, 0) is 4.79 Å². The summed E-state index contributed by atoms with van der Waals surface area (Å²) in [6.07, 6.45) is 4.22. The summed E-state index contributed by atoms with van der Waals surface area (Å²) in [6.45, 7) is 9.14. The molecule has 18 heavy (non-hydrogen) atoms. The van der Waals surface area contributed by atoms with Gasteiger partial charge in [0.05, 0.1) is 0 Å². The van der Waals surface area contributed by atoms with Crippen molar-refractivity contribution >= 4 is 5.97 Å². The molecule has 0 saturated heterocycles. The fraction of sp³-hybridized carbons (Fsp3) is 0.769. The van der Waals surface area contributed by atoms with Crippen molar-refractivity contribution in [1.29, 1.82) is 0 Å². The average molecular weight is 261 g/mol. The smallest absolute Gasteiger partial charge is 0.327 e. The van der Waals surface area contributed by atoms with Crippen LogP contribution in [0.5, 0.6) is 0 Å². The lowest BCUT2D eigenvalue weighted by Crippen LogP contribution is -2.34. The number of aliphatic hydroxyl groups is 2. The van der Waals surface area contributed by atoms with Gasteiger partial charge in [0.25, 0.3) is 0 Å². The van der Waals surface area contributed by atoms with Gasteiger partial charge in [-0.15, -0.1) is 0 Å². The Morgan fingerprint density at radius 3 is 2.11 bits per heavy atom. The molecule has 0 bridgehead atoms. The highest BCUT2D eigenvalue weighted by molar-refractivity contribution is 5.78. The van der Waals surface area contributed by atoms with E-state index in [1.54, 1.807) is 0 Å². The minimum atomic E-state index is -0.981. The van der Waals surface area contributed by atoms with E-state index in [1.165, 1.54) is 0 Å². The molecule has 3 N–H and O–H groups in total. The number of unbranched alkanes of at least 4 members (excludes halogenated alkanes) is 2. The van der Waals surface area contributed by atoms with Gasteiger partial charge in [-0.3, -0.25) is 4.90 Å². The predicted octanol–water partition coefficient (Wildman–Crippen LogP) is 1.46. The number of carbonyl (C=O) groups is 1. The van der Waals surface area contributed by atoms with E-state index in [2.05, 4.69) is 20.4 Å². The number of aliphatic carboxylic acids is 1. The molecular formula is C13H27NO4. The van der Waals surface area contributed by atoms with Crippen LogP contribution in [0.15, 0.2) is 12.7 Å². The summed E-state index contributed by atoms with van der Waals surface area (Å²) in [5.41, 5.74) is 0. The largest absolute Gasteiger partial charge is 0.478 e. The van der Waals surface area contributed by atoms with E-state index in [4.69, 9.17) is 10.2 Å². The molecule has 0 heterocycles. The number of aliphatic hydroxyl groups excluding tert-OH is 2. The van der Waals surface area contributed by atoms with Crippen molar-refractivity contribution in [1.82, 2.24) is 4.90 Å². The third kappa shape index (κ3) is 13.2. The molecule has 0 amide bonds. The first-order chi connectivity index (χ1) is 8.53. The van der Waals surface area contributed by atoms with Crippen molar-refractivity contribution in [2.24, 2.45) is 0 Å². The van der Waals surface area contributed by atoms with E-state index < -0.39 is 5.97 Å². The molecule has 0 aromatic rings. The Morgan fingerprint density at radius 1 is 1.28 bits per heavy atom. The van der Waals surface area contributed by atoms with Gasteiger partial charge in [-0.2, -0.15) is 0 Å². The molecule has 1 atom stereocenters. The zero-order valence-electron chi connectivity index (χ0n) is 11.5. The first-order valence-corrected chi connectivity index (χ1v) is 6.41. The highest BCUT2D eigenvalue weighted by Crippen LogP contribution is 2.07. The highest BCUT2D eigenvalue weighted by atomic mass is 16.4. The number of rotatable bonds is 9. The van der Waals surface area contributed by atoms with Gasteiger partial charge in [0.2, 0.25) is 0 Å². The van der Waals surface area contributed by atoms with Crippen molar-refractivity contribution in [3.63, 3.8) is 0 Å². The minimum Gasteiger partial charge on any atom is -0.478 e. The van der Waals surface area contributed by atoms with Crippen LogP contribution in [-0.4, -0.2) is 52.1 Å². The summed E-state index contributed by atoms with van der Waals surface area (Å²) in [6, 6.07) is 0. The maximum absolute atomic E-state index is 9.67. The predicted molar refractivity (Wildman–Crippen MR) is 72.3 cm³/mol. The van der Waals surface area contributed by atoms with Crippen molar-refractivity contribution < 1.29 is 20.1 Å². The van der Waals surface area contributed by atoms with E-state index >= 15 is 0 Å². The molecule has 0 aliphatic rings. The molecule has 108 valence electrons. The van der Waals surface area contributed by atoms with Crippen LogP contribution in [0.4, 0.5) is 0 Å². The van der Waals surface area contributed by atoms with Crippen molar-refractivity contribution in [3.05, 3.63) is 12.7 Å². The summed E-state index contributed by atoms with van der Waals surface area (Å²) < 4.78 is 0. The normalized spacial score (nSPS) is 11.6. The quantitative estimate of drug-likeness (QED) is 0.332. The third-order valence-electron chi connectivity index (χ3n) is 2.53. The Labute approximate surface area is 110 Å². The van der Waals surface area contributed by atoms with E-state index in [0.29, 0.717) is 0 Å². The highest BCUT2D eigenvalue weighted by Gasteiger charge is 2.10. The SMILES string of the molecule is C=CC(=O)O.CCN(CC)C(O)CCCCCO. The van der Waals surface area contributed by atoms with Crippen molar-refractivity contribution in [3.8, 4) is 0 Å². The molecule has 0 rings (SSSR count). The van der Waals surface area contributed by atoms with Crippen LogP contribution in [0.1, 0.15) is 39.5 Å². The van der Waals surface area contributed by atoms with Gasteiger partial charge in [0.15, 0.2) is 0 Å². The average Bonchev–Trinajstić information content (AvgIpc) is 2.37. The third-order valence-corrected chi connectivity index (χ3v) is 2.53. The Morgan fingerprint density at radius 2 is 1.78 bits per heavy atom. The fourth-order valence-electron chi connectivity index (χ4n) is 1.44. The minimum absolute atomic E-state index is 0.265. The number of nitrogens with zero attached hydrogens (tertiary/aromatic N) is 1. The number of hydrogen-bond acceptors (Lipinski definition) is 4. The molecule has 0 spiro atoms. The maximum Gasteiger partial charge on any atom is 0.327 e. The van der Waals surface area contributed by atoms with Gasteiger partial charge in [-0.1, -0.05) is 26.8 Å². The Kier molecular flexibility index (Phi) is 15.3. The van der Waals surface area contributed by atoms with Crippen molar-refractivity contribution in [2.75, 3.05) is 19.7 Å². The molecule has 5 heteroatoms. The van der Waals surface area contributed by atoms with Gasteiger partial charge < -0.3 is 15.3 Å². The lowest BCUT2D eigenvalue weighted by Gasteiger charge is -2.24. The Bertz CT molecular complexity index is 205. The second-order valence-corrected chi connectivity index (χ2v) is 3.82. The standard InChI is InChI=1S/C10H23NO2.C3H4O2/c1-3-11(4-2)10(13)8-6-5-7-9-12;1-2-3(4)5/h10,12-13H,3-9H2,1-2H3;2H,1H2,(H,4,5). The summed E-state index contributed by atoms with van der Waals surface area (Å²) in [7, 11) is 0. The molecule has 0 saturated carbocycles. The first-order valence-electron chi connectivity index (χ1n) is 6.41. The molecule has 0 aromatic carbocycles. The van der Waals surface area contributed by atoms with Gasteiger partial charge in [-0.05, 0) is 32.4 Å². The van der Waals surface area contributed by atoms with Gasteiger partial charge >= 0.3 is 5.97 Å². The van der Waals surface area contributed by atoms with Gasteiger partial charge in [0.1, 0.15) is 6.23 Å². The molecule has 0 aromatic heterocycles. The summed E-state index contributed by atoms with van der Waals surface area (Å²) >= 11 is 0. The van der Waals surface area contributed by atoms with Crippen LogP contribution >= 0.6 is 0 Å².